The van der Waals surface area contributed by atoms with E-state index in [4.69, 9.17) is 4.74 Å². The number of aliphatic hydroxyl groups is 1. The number of carbonyl (C=O) groups is 1. The Bertz CT molecular complexity index is 528. The molecule has 0 amide bonds. The van der Waals surface area contributed by atoms with E-state index in [1.807, 2.05) is 18.2 Å². The van der Waals surface area contributed by atoms with Gasteiger partial charge in [0.2, 0.25) is 0 Å². The van der Waals surface area contributed by atoms with Crippen LogP contribution in [0.4, 0.5) is 0 Å². The number of aliphatic hydroxyl groups excluding tert-OH is 1. The van der Waals surface area contributed by atoms with E-state index in [-0.39, 0.29) is 11.9 Å². The molecule has 0 radical (unpaired) electrons. The largest absolute Gasteiger partial charge is 0.460 e. The highest BCUT2D eigenvalue weighted by atomic mass is 16.6. The van der Waals surface area contributed by atoms with Gasteiger partial charge in [-0.1, -0.05) is 101 Å². The van der Waals surface area contributed by atoms with Crippen LogP contribution >= 0.6 is 0 Å². The second-order valence-corrected chi connectivity index (χ2v) is 8.15. The molecule has 4 atom stereocenters. The average Bonchev–Trinajstić information content (AvgIpc) is 2.93. The van der Waals surface area contributed by atoms with E-state index in [1.54, 1.807) is 6.92 Å². The van der Waals surface area contributed by atoms with E-state index in [9.17, 15) is 9.90 Å². The van der Waals surface area contributed by atoms with E-state index >= 15 is 0 Å². The number of rotatable bonds is 13. The fourth-order valence-corrected chi connectivity index (χ4v) is 4.27. The Morgan fingerprint density at radius 3 is 2.00 bits per heavy atom. The minimum Gasteiger partial charge on any atom is -0.460 e. The maximum absolute atomic E-state index is 12.3. The van der Waals surface area contributed by atoms with Crippen molar-refractivity contribution in [1.82, 2.24) is 0 Å². The molecule has 152 valence electrons. The summed E-state index contributed by atoms with van der Waals surface area (Å²) in [6, 6.07) is 10.2. The molecule has 1 aromatic carbocycles. The van der Waals surface area contributed by atoms with Gasteiger partial charge in [-0.3, -0.25) is 4.79 Å². The Morgan fingerprint density at radius 2 is 1.48 bits per heavy atom. The zero-order valence-corrected chi connectivity index (χ0v) is 17.2. The van der Waals surface area contributed by atoms with E-state index in [0.717, 1.165) is 18.4 Å². The van der Waals surface area contributed by atoms with E-state index < -0.39 is 18.1 Å². The van der Waals surface area contributed by atoms with Crippen LogP contribution in [0.3, 0.4) is 0 Å². The van der Waals surface area contributed by atoms with Crippen molar-refractivity contribution in [3.63, 3.8) is 0 Å². The summed E-state index contributed by atoms with van der Waals surface area (Å²) in [6.07, 6.45) is 12.9. The molecule has 1 saturated heterocycles. The molecule has 1 aliphatic rings. The van der Waals surface area contributed by atoms with E-state index in [2.05, 4.69) is 19.1 Å². The van der Waals surface area contributed by atoms with Gasteiger partial charge < -0.3 is 9.84 Å². The van der Waals surface area contributed by atoms with Gasteiger partial charge >= 0.3 is 5.97 Å². The number of carbonyl (C=O) groups excluding carboxylic acids is 1. The first-order chi connectivity index (χ1) is 13.1. The summed E-state index contributed by atoms with van der Waals surface area (Å²) < 4.78 is 5.30. The molecule has 3 heteroatoms. The van der Waals surface area contributed by atoms with Crippen molar-refractivity contribution >= 4 is 5.97 Å². The predicted octanol–water partition coefficient (Wildman–Crippen LogP) is 6.00. The molecule has 1 unspecified atom stereocenters. The maximum Gasteiger partial charge on any atom is 0.312 e. The van der Waals surface area contributed by atoms with Crippen molar-refractivity contribution in [2.75, 3.05) is 0 Å². The summed E-state index contributed by atoms with van der Waals surface area (Å²) in [6.45, 7) is 4.04. The summed E-state index contributed by atoms with van der Waals surface area (Å²) >= 11 is 0. The average molecular weight is 375 g/mol. The smallest absolute Gasteiger partial charge is 0.312 e. The Morgan fingerprint density at radius 1 is 0.926 bits per heavy atom. The van der Waals surface area contributed by atoms with Gasteiger partial charge in [-0.15, -0.1) is 0 Å². The second kappa shape index (κ2) is 12.2. The number of cyclic esters (lactones) is 1. The molecule has 1 fully saturated rings. The molecule has 2 rings (SSSR count). The molecule has 1 N–H and O–H groups in total. The molecular formula is C24H38O3. The molecule has 0 spiro atoms. The molecule has 1 heterocycles. The van der Waals surface area contributed by atoms with Gasteiger partial charge in [0.1, 0.15) is 12.2 Å². The van der Waals surface area contributed by atoms with Gasteiger partial charge in [0.15, 0.2) is 0 Å². The van der Waals surface area contributed by atoms with Crippen LogP contribution in [-0.4, -0.2) is 23.3 Å². The summed E-state index contributed by atoms with van der Waals surface area (Å²) in [5, 5.41) is 10.5. The molecule has 0 aromatic heterocycles. The van der Waals surface area contributed by atoms with Gasteiger partial charge in [0, 0.05) is 0 Å². The third-order valence-corrected chi connectivity index (χ3v) is 5.95. The monoisotopic (exact) mass is 374 g/mol. The van der Waals surface area contributed by atoms with Crippen LogP contribution in [-0.2, 0) is 9.53 Å². The fraction of sp³-hybridized carbons (Fsp3) is 0.708. The van der Waals surface area contributed by atoms with Crippen molar-refractivity contribution in [2.24, 2.45) is 5.92 Å². The third-order valence-electron chi connectivity index (χ3n) is 5.95. The van der Waals surface area contributed by atoms with Crippen molar-refractivity contribution in [3.8, 4) is 0 Å². The van der Waals surface area contributed by atoms with Crippen molar-refractivity contribution in [3.05, 3.63) is 35.9 Å². The SMILES string of the molecule is CCCCCCCCCCCCC(c1ccccc1)[C@H]1C(=O)O[C@@H](C)[C@H]1O. The van der Waals surface area contributed by atoms with Gasteiger partial charge in [-0.25, -0.2) is 0 Å². The number of ether oxygens (including phenoxy) is 1. The van der Waals surface area contributed by atoms with Crippen LogP contribution in [0.25, 0.3) is 0 Å². The van der Waals surface area contributed by atoms with Gasteiger partial charge in [-0.2, -0.15) is 0 Å². The highest BCUT2D eigenvalue weighted by Crippen LogP contribution is 2.38. The Labute approximate surface area is 165 Å². The number of hydrogen-bond donors (Lipinski definition) is 1. The van der Waals surface area contributed by atoms with Gasteiger partial charge in [0.05, 0.1) is 5.92 Å². The van der Waals surface area contributed by atoms with Gasteiger partial charge in [0.25, 0.3) is 0 Å². The van der Waals surface area contributed by atoms with E-state index in [1.165, 1.54) is 57.8 Å². The first kappa shape index (κ1) is 21.9. The van der Waals surface area contributed by atoms with E-state index in [0.29, 0.717) is 0 Å². The molecule has 3 nitrogen and oxygen atoms in total. The highest BCUT2D eigenvalue weighted by molar-refractivity contribution is 5.77. The minimum atomic E-state index is -0.703. The molecule has 0 saturated carbocycles. The topological polar surface area (TPSA) is 46.5 Å². The van der Waals surface area contributed by atoms with Crippen LogP contribution in [0.1, 0.15) is 96.0 Å². The summed E-state index contributed by atoms with van der Waals surface area (Å²) in [5.41, 5.74) is 1.14. The minimum absolute atomic E-state index is 0.0488. The molecule has 1 aromatic rings. The lowest BCUT2D eigenvalue weighted by atomic mass is 9.79. The molecule has 27 heavy (non-hydrogen) atoms. The normalized spacial score (nSPS) is 23.4. The first-order valence-corrected chi connectivity index (χ1v) is 11.1. The molecule has 0 aliphatic carbocycles. The quantitative estimate of drug-likeness (QED) is 0.340. The summed E-state index contributed by atoms with van der Waals surface area (Å²) in [4.78, 5) is 12.3. The third kappa shape index (κ3) is 6.95. The van der Waals surface area contributed by atoms with Crippen molar-refractivity contribution in [1.29, 1.82) is 0 Å². The number of benzene rings is 1. The van der Waals surface area contributed by atoms with Crippen LogP contribution < -0.4 is 0 Å². The first-order valence-electron chi connectivity index (χ1n) is 11.1. The van der Waals surface area contributed by atoms with Crippen LogP contribution in [0.2, 0.25) is 0 Å². The van der Waals surface area contributed by atoms with Crippen molar-refractivity contribution < 1.29 is 14.6 Å². The number of unbranched alkanes of at least 4 members (excludes halogenated alkanes) is 9. The molecule has 0 bridgehead atoms. The van der Waals surface area contributed by atoms with Crippen LogP contribution in [0.5, 0.6) is 0 Å². The zero-order valence-electron chi connectivity index (χ0n) is 17.2. The van der Waals surface area contributed by atoms with Crippen LogP contribution in [0.15, 0.2) is 30.3 Å². The highest BCUT2D eigenvalue weighted by Gasteiger charge is 2.45. The molecular weight excluding hydrogens is 336 g/mol. The standard InChI is InChI=1S/C24H38O3/c1-3-4-5-6-7-8-9-10-11-15-18-21(20-16-13-12-14-17-20)22-23(25)19(2)27-24(22)26/h12-14,16-17,19,21-23,25H,3-11,15,18H2,1-2H3/t19-,21?,22+,23+/m0/s1. The number of hydrogen-bond acceptors (Lipinski definition) is 3. The van der Waals surface area contributed by atoms with Crippen molar-refractivity contribution in [2.45, 2.75) is 103 Å². The van der Waals surface area contributed by atoms with Crippen LogP contribution in [0, 0.1) is 5.92 Å². The Hall–Kier alpha value is -1.35. The molecule has 1 aliphatic heterocycles. The second-order valence-electron chi connectivity index (χ2n) is 8.15. The zero-order chi connectivity index (χ0) is 19.5. The maximum atomic E-state index is 12.3. The van der Waals surface area contributed by atoms with Gasteiger partial charge in [-0.05, 0) is 24.8 Å². The summed E-state index contributed by atoms with van der Waals surface area (Å²) in [5.74, 6) is -0.621. The number of esters is 1. The predicted molar refractivity (Wildman–Crippen MR) is 111 cm³/mol. The lowest BCUT2D eigenvalue weighted by Gasteiger charge is -2.24. The summed E-state index contributed by atoms with van der Waals surface area (Å²) in [7, 11) is 0. The fourth-order valence-electron chi connectivity index (χ4n) is 4.27. The Balaban J connectivity index is 1.76. The lowest BCUT2D eigenvalue weighted by Crippen LogP contribution is -2.30. The Kier molecular flexibility index (Phi) is 9.90. The lowest BCUT2D eigenvalue weighted by molar-refractivity contribution is -0.144.